The zero-order valence-electron chi connectivity index (χ0n) is 12.1. The van der Waals surface area contributed by atoms with Gasteiger partial charge in [-0.15, -0.1) is 22.7 Å². The lowest BCUT2D eigenvalue weighted by Crippen LogP contribution is -2.11. The van der Waals surface area contributed by atoms with E-state index in [1.807, 2.05) is 42.6 Å². The average molecular weight is 357 g/mol. The molecule has 7 heteroatoms. The summed E-state index contributed by atoms with van der Waals surface area (Å²) < 4.78 is 1.07. The normalized spacial score (nSPS) is 11.0. The number of nitrogens with one attached hydrogen (secondary N) is 1. The number of aromatic nitrogens is 2. The Balaban J connectivity index is 1.58. The Morgan fingerprint density at radius 2 is 2.04 bits per heavy atom. The van der Waals surface area contributed by atoms with Crippen LogP contribution in [0, 0.1) is 6.92 Å². The summed E-state index contributed by atoms with van der Waals surface area (Å²) in [4.78, 5) is 22.3. The maximum absolute atomic E-state index is 12.4. The van der Waals surface area contributed by atoms with E-state index in [0.717, 1.165) is 25.7 Å². The Morgan fingerprint density at radius 3 is 2.83 bits per heavy atom. The van der Waals surface area contributed by atoms with Gasteiger partial charge in [-0.3, -0.25) is 10.1 Å². The van der Waals surface area contributed by atoms with Crippen molar-refractivity contribution >= 4 is 55.3 Å². The van der Waals surface area contributed by atoms with Crippen LogP contribution in [-0.4, -0.2) is 15.9 Å². The van der Waals surface area contributed by atoms with Crippen LogP contribution in [0.5, 0.6) is 0 Å². The van der Waals surface area contributed by atoms with Crippen molar-refractivity contribution in [1.29, 1.82) is 0 Å². The number of carbonyl (C=O) groups is 1. The van der Waals surface area contributed by atoms with E-state index in [4.69, 9.17) is 0 Å². The van der Waals surface area contributed by atoms with Gasteiger partial charge in [-0.25, -0.2) is 9.97 Å². The highest BCUT2D eigenvalue weighted by Gasteiger charge is 2.15. The van der Waals surface area contributed by atoms with Crippen molar-refractivity contribution in [3.8, 4) is 9.88 Å². The monoisotopic (exact) mass is 357 g/mol. The van der Waals surface area contributed by atoms with Crippen LogP contribution >= 0.6 is 34.0 Å². The number of para-hydroxylation sites is 1. The molecule has 0 radical (unpaired) electrons. The Hall–Kier alpha value is -2.09. The summed E-state index contributed by atoms with van der Waals surface area (Å²) in [5.74, 6) is -0.222. The minimum Gasteiger partial charge on any atom is -0.296 e. The fraction of sp³-hybridized carbons (Fsp3) is 0.0625. The first-order chi connectivity index (χ1) is 11.2. The Morgan fingerprint density at radius 1 is 1.13 bits per heavy atom. The molecule has 0 spiro atoms. The Labute approximate surface area is 144 Å². The summed E-state index contributed by atoms with van der Waals surface area (Å²) in [5.41, 5.74) is 2.47. The number of hydrogen-bond acceptors (Lipinski definition) is 6. The molecule has 3 heterocycles. The number of aryl methyl sites for hydroxylation is 1. The summed E-state index contributed by atoms with van der Waals surface area (Å²) in [6.07, 6.45) is 0. The van der Waals surface area contributed by atoms with Gasteiger partial charge >= 0.3 is 0 Å². The van der Waals surface area contributed by atoms with Crippen LogP contribution in [0.2, 0.25) is 0 Å². The first-order valence-corrected chi connectivity index (χ1v) is 9.45. The molecule has 23 heavy (non-hydrogen) atoms. The summed E-state index contributed by atoms with van der Waals surface area (Å²) in [6.45, 7) is 2.02. The van der Waals surface area contributed by atoms with E-state index in [9.17, 15) is 4.79 Å². The number of carbonyl (C=O) groups excluding carboxylic acids is 1. The number of benzene rings is 1. The third-order valence-corrected chi connectivity index (χ3v) is 6.13. The van der Waals surface area contributed by atoms with Gasteiger partial charge in [0.2, 0.25) is 0 Å². The lowest BCUT2D eigenvalue weighted by Gasteiger charge is -1.97. The zero-order chi connectivity index (χ0) is 15.8. The van der Waals surface area contributed by atoms with Gasteiger partial charge in [0.05, 0.1) is 15.1 Å². The number of nitrogens with zero attached hydrogens (tertiary/aromatic N) is 2. The van der Waals surface area contributed by atoms with Crippen LogP contribution in [0.4, 0.5) is 5.13 Å². The van der Waals surface area contributed by atoms with Gasteiger partial charge in [0.25, 0.3) is 5.91 Å². The third kappa shape index (κ3) is 2.78. The lowest BCUT2D eigenvalue weighted by atomic mass is 10.2. The molecular formula is C16H11N3OS3. The smallest absolute Gasteiger partial charge is 0.276 e. The summed E-state index contributed by atoms with van der Waals surface area (Å²) in [7, 11) is 0. The maximum atomic E-state index is 12.4. The van der Waals surface area contributed by atoms with E-state index in [1.54, 1.807) is 16.7 Å². The average Bonchev–Trinajstić information content (AvgIpc) is 3.27. The SMILES string of the molecule is Cc1cccc2sc(NC(=O)c3csc(-c4cccs4)n3)nc12. The molecule has 0 saturated heterocycles. The van der Waals surface area contributed by atoms with Crippen molar-refractivity contribution in [1.82, 2.24) is 9.97 Å². The highest BCUT2D eigenvalue weighted by Crippen LogP contribution is 2.30. The molecule has 0 aliphatic rings. The first-order valence-electron chi connectivity index (χ1n) is 6.87. The van der Waals surface area contributed by atoms with Crippen LogP contribution < -0.4 is 5.32 Å². The van der Waals surface area contributed by atoms with Crippen LogP contribution in [-0.2, 0) is 0 Å². The molecule has 0 saturated carbocycles. The molecule has 1 aromatic carbocycles. The van der Waals surface area contributed by atoms with Crippen LogP contribution in [0.15, 0.2) is 41.1 Å². The Bertz CT molecular complexity index is 985. The second-order valence-electron chi connectivity index (χ2n) is 4.91. The topological polar surface area (TPSA) is 54.9 Å². The van der Waals surface area contributed by atoms with Gasteiger partial charge < -0.3 is 0 Å². The van der Waals surface area contributed by atoms with E-state index < -0.39 is 0 Å². The molecule has 0 aliphatic heterocycles. The molecule has 4 aromatic rings. The number of rotatable bonds is 3. The van der Waals surface area contributed by atoms with E-state index in [2.05, 4.69) is 15.3 Å². The van der Waals surface area contributed by atoms with E-state index in [1.165, 1.54) is 22.7 Å². The highest BCUT2D eigenvalue weighted by atomic mass is 32.1. The van der Waals surface area contributed by atoms with Crippen molar-refractivity contribution in [2.75, 3.05) is 5.32 Å². The molecule has 4 nitrogen and oxygen atoms in total. The summed E-state index contributed by atoms with van der Waals surface area (Å²) in [6, 6.07) is 10.00. The third-order valence-electron chi connectivity index (χ3n) is 3.31. The predicted octanol–water partition coefficient (Wildman–Crippen LogP) is 5.04. The molecule has 0 unspecified atom stereocenters. The van der Waals surface area contributed by atoms with Crippen molar-refractivity contribution in [3.05, 3.63) is 52.3 Å². The zero-order valence-corrected chi connectivity index (χ0v) is 14.5. The van der Waals surface area contributed by atoms with Crippen molar-refractivity contribution in [2.24, 2.45) is 0 Å². The van der Waals surface area contributed by atoms with Crippen LogP contribution in [0.25, 0.3) is 20.1 Å². The lowest BCUT2D eigenvalue weighted by molar-refractivity contribution is 0.102. The summed E-state index contributed by atoms with van der Waals surface area (Å²) >= 11 is 4.56. The number of hydrogen-bond donors (Lipinski definition) is 1. The largest absolute Gasteiger partial charge is 0.296 e. The predicted molar refractivity (Wildman–Crippen MR) is 97.7 cm³/mol. The van der Waals surface area contributed by atoms with Crippen LogP contribution in [0.3, 0.4) is 0 Å². The standard InChI is InChI=1S/C16H11N3OS3/c1-9-4-2-5-11-13(9)18-16(23-11)19-14(20)10-8-22-15(17-10)12-6-3-7-21-12/h2-8H,1H3,(H,18,19,20). The Kier molecular flexibility index (Phi) is 3.68. The molecule has 1 N–H and O–H groups in total. The number of thiazole rings is 2. The van der Waals surface area contributed by atoms with Gasteiger partial charge in [-0.05, 0) is 30.0 Å². The molecule has 114 valence electrons. The molecule has 0 bridgehead atoms. The quantitative estimate of drug-likeness (QED) is 0.559. The molecule has 1 amide bonds. The second kappa shape index (κ2) is 5.84. The fourth-order valence-corrected chi connectivity index (χ4v) is 4.75. The van der Waals surface area contributed by atoms with Gasteiger partial charge in [0.1, 0.15) is 10.7 Å². The fourth-order valence-electron chi connectivity index (χ4n) is 2.19. The molecular weight excluding hydrogens is 346 g/mol. The molecule has 3 aromatic heterocycles. The van der Waals surface area contributed by atoms with Gasteiger partial charge in [0.15, 0.2) is 5.13 Å². The van der Waals surface area contributed by atoms with Crippen molar-refractivity contribution < 1.29 is 4.79 Å². The highest BCUT2D eigenvalue weighted by molar-refractivity contribution is 7.22. The second-order valence-corrected chi connectivity index (χ2v) is 7.75. The number of thiophene rings is 1. The van der Waals surface area contributed by atoms with Crippen molar-refractivity contribution in [2.45, 2.75) is 6.92 Å². The van der Waals surface area contributed by atoms with Gasteiger partial charge in [-0.2, -0.15) is 0 Å². The number of amides is 1. The van der Waals surface area contributed by atoms with Crippen LogP contribution in [0.1, 0.15) is 16.1 Å². The van der Waals surface area contributed by atoms with E-state index >= 15 is 0 Å². The molecule has 0 aliphatic carbocycles. The minimum absolute atomic E-state index is 0.222. The van der Waals surface area contributed by atoms with Crippen molar-refractivity contribution in [3.63, 3.8) is 0 Å². The van der Waals surface area contributed by atoms with Gasteiger partial charge in [0, 0.05) is 5.38 Å². The molecule has 0 atom stereocenters. The number of fused-ring (bicyclic) bond motifs is 1. The first kappa shape index (κ1) is 14.5. The van der Waals surface area contributed by atoms with E-state index in [-0.39, 0.29) is 5.91 Å². The summed E-state index contributed by atoms with van der Waals surface area (Å²) in [5, 5.41) is 8.10. The van der Waals surface area contributed by atoms with Gasteiger partial charge in [-0.1, -0.05) is 29.5 Å². The molecule has 4 rings (SSSR count). The maximum Gasteiger partial charge on any atom is 0.276 e. The minimum atomic E-state index is -0.222. The number of anilines is 1. The van der Waals surface area contributed by atoms with E-state index in [0.29, 0.717) is 10.8 Å². The molecule has 0 fully saturated rings.